The monoisotopic (exact) mass is 359 g/mol. The summed E-state index contributed by atoms with van der Waals surface area (Å²) in [7, 11) is 0. The van der Waals surface area contributed by atoms with Crippen molar-refractivity contribution in [3.8, 4) is 5.75 Å². The van der Waals surface area contributed by atoms with Crippen LogP contribution < -0.4 is 4.90 Å². The van der Waals surface area contributed by atoms with E-state index in [0.717, 1.165) is 44.5 Å². The van der Waals surface area contributed by atoms with Crippen molar-refractivity contribution in [1.82, 2.24) is 0 Å². The Labute approximate surface area is 155 Å². The van der Waals surface area contributed by atoms with Crippen LogP contribution >= 0.6 is 11.6 Å². The number of phenols is 1. The molecule has 25 heavy (non-hydrogen) atoms. The lowest BCUT2D eigenvalue weighted by atomic mass is 10.2. The number of azo groups is 1. The van der Waals surface area contributed by atoms with E-state index in [1.54, 1.807) is 30.3 Å². The number of anilines is 1. The van der Waals surface area contributed by atoms with Gasteiger partial charge in [0, 0.05) is 29.9 Å². The van der Waals surface area contributed by atoms with Gasteiger partial charge in [-0.15, -0.1) is 5.11 Å². The van der Waals surface area contributed by atoms with Gasteiger partial charge < -0.3 is 10.0 Å². The van der Waals surface area contributed by atoms with Gasteiger partial charge in [-0.1, -0.05) is 38.3 Å². The van der Waals surface area contributed by atoms with Crippen molar-refractivity contribution >= 4 is 28.7 Å². The van der Waals surface area contributed by atoms with Crippen molar-refractivity contribution in [2.75, 3.05) is 18.0 Å². The zero-order valence-electron chi connectivity index (χ0n) is 15.0. The second-order valence-electron chi connectivity index (χ2n) is 6.04. The van der Waals surface area contributed by atoms with Crippen LogP contribution in [-0.4, -0.2) is 18.2 Å². The molecule has 4 nitrogen and oxygen atoms in total. The fourth-order valence-electron chi connectivity index (χ4n) is 2.48. The zero-order valence-corrected chi connectivity index (χ0v) is 15.7. The summed E-state index contributed by atoms with van der Waals surface area (Å²) in [5, 5.41) is 19.3. The van der Waals surface area contributed by atoms with Gasteiger partial charge in [0.05, 0.1) is 5.69 Å². The minimum Gasteiger partial charge on any atom is -0.506 e. The van der Waals surface area contributed by atoms with Gasteiger partial charge in [-0.25, -0.2) is 0 Å². The summed E-state index contributed by atoms with van der Waals surface area (Å²) < 4.78 is 0. The molecule has 0 heterocycles. The Hall–Kier alpha value is -2.07. The van der Waals surface area contributed by atoms with Gasteiger partial charge in [-0.05, 0) is 49.2 Å². The number of benzene rings is 2. The second kappa shape index (κ2) is 10.0. The second-order valence-corrected chi connectivity index (χ2v) is 6.48. The van der Waals surface area contributed by atoms with E-state index >= 15 is 0 Å². The van der Waals surface area contributed by atoms with Crippen molar-refractivity contribution in [3.63, 3.8) is 0 Å². The van der Waals surface area contributed by atoms with Crippen LogP contribution in [0.3, 0.4) is 0 Å². The number of hydrogen-bond acceptors (Lipinski definition) is 4. The lowest BCUT2D eigenvalue weighted by Crippen LogP contribution is -2.25. The molecule has 0 bridgehead atoms. The maximum Gasteiger partial charge on any atom is 0.145 e. The predicted molar refractivity (Wildman–Crippen MR) is 106 cm³/mol. The number of phenolic OH excluding ortho intramolecular Hbond substituents is 1. The third-order valence-electron chi connectivity index (χ3n) is 3.99. The summed E-state index contributed by atoms with van der Waals surface area (Å²) in [4.78, 5) is 2.33. The molecule has 0 aliphatic carbocycles. The molecular weight excluding hydrogens is 334 g/mol. The largest absolute Gasteiger partial charge is 0.506 e. The predicted octanol–water partition coefficient (Wildman–Crippen LogP) is 6.87. The van der Waals surface area contributed by atoms with Gasteiger partial charge in [0.15, 0.2) is 0 Å². The molecule has 134 valence electrons. The number of halogens is 1. The molecule has 0 spiro atoms. The molecule has 2 rings (SSSR count). The topological polar surface area (TPSA) is 48.2 Å². The Kier molecular flexibility index (Phi) is 7.74. The zero-order chi connectivity index (χ0) is 18.1. The van der Waals surface area contributed by atoms with Crippen LogP contribution in [0.15, 0.2) is 52.7 Å². The van der Waals surface area contributed by atoms with Crippen molar-refractivity contribution in [3.05, 3.63) is 47.5 Å². The summed E-state index contributed by atoms with van der Waals surface area (Å²) in [5.41, 5.74) is 2.19. The van der Waals surface area contributed by atoms with Gasteiger partial charge in [0.25, 0.3) is 0 Å². The number of unbranched alkanes of at least 4 members (excludes halogenated alkanes) is 2. The van der Waals surface area contributed by atoms with Crippen LogP contribution in [0.5, 0.6) is 5.75 Å². The number of nitrogens with zero attached hydrogens (tertiary/aromatic N) is 3. The number of aromatic hydroxyl groups is 1. The average Bonchev–Trinajstić information content (AvgIpc) is 2.62. The van der Waals surface area contributed by atoms with E-state index in [-0.39, 0.29) is 5.75 Å². The maximum atomic E-state index is 10.3. The summed E-state index contributed by atoms with van der Waals surface area (Å²) in [6, 6.07) is 12.7. The Morgan fingerprint density at radius 3 is 2.12 bits per heavy atom. The van der Waals surface area contributed by atoms with Gasteiger partial charge in [-0.3, -0.25) is 0 Å². The lowest BCUT2D eigenvalue weighted by Gasteiger charge is -2.25. The minimum atomic E-state index is 0.146. The van der Waals surface area contributed by atoms with Crippen molar-refractivity contribution < 1.29 is 5.11 Å². The molecule has 0 unspecified atom stereocenters. The summed E-state index contributed by atoms with van der Waals surface area (Å²) >= 11 is 5.86. The van der Waals surface area contributed by atoms with E-state index in [9.17, 15) is 5.11 Å². The molecule has 0 aliphatic heterocycles. The Morgan fingerprint density at radius 1 is 0.920 bits per heavy atom. The fraction of sp³-hybridized carbons (Fsp3) is 0.400. The first-order valence-electron chi connectivity index (χ1n) is 8.89. The van der Waals surface area contributed by atoms with E-state index < -0.39 is 0 Å². The summed E-state index contributed by atoms with van der Waals surface area (Å²) in [5.74, 6) is 0.146. The first-order chi connectivity index (χ1) is 12.1. The molecular formula is C20H26ClN3O. The maximum absolute atomic E-state index is 10.3. The molecule has 5 heteroatoms. The number of rotatable bonds is 9. The molecule has 2 aromatic rings. The molecule has 0 fully saturated rings. The highest BCUT2D eigenvalue weighted by atomic mass is 35.5. The summed E-state index contributed by atoms with van der Waals surface area (Å²) in [6.45, 7) is 6.38. The molecule has 0 saturated heterocycles. The molecule has 2 aromatic carbocycles. The summed E-state index contributed by atoms with van der Waals surface area (Å²) in [6.07, 6.45) is 4.59. The van der Waals surface area contributed by atoms with E-state index in [1.807, 2.05) is 12.1 Å². The van der Waals surface area contributed by atoms with E-state index in [1.165, 1.54) is 0 Å². The molecule has 0 saturated carbocycles. The van der Waals surface area contributed by atoms with Gasteiger partial charge in [0.1, 0.15) is 11.4 Å². The van der Waals surface area contributed by atoms with Crippen molar-refractivity contribution in [2.24, 2.45) is 10.2 Å². The fourth-order valence-corrected chi connectivity index (χ4v) is 2.61. The van der Waals surface area contributed by atoms with E-state index in [4.69, 9.17) is 11.6 Å². The Morgan fingerprint density at radius 2 is 1.56 bits per heavy atom. The standard InChI is InChI=1S/C20H26ClN3O/c1-3-5-13-24(14-6-4-2)18-11-12-19(20(25)15-18)23-22-17-9-7-16(21)8-10-17/h7-12,15,25H,3-6,13-14H2,1-2H3. The van der Waals surface area contributed by atoms with Crippen LogP contribution in [0, 0.1) is 0 Å². The Balaban J connectivity index is 2.13. The van der Waals surface area contributed by atoms with Gasteiger partial charge >= 0.3 is 0 Å². The van der Waals surface area contributed by atoms with Crippen LogP contribution in [0.2, 0.25) is 5.02 Å². The molecule has 0 amide bonds. The molecule has 0 radical (unpaired) electrons. The normalized spacial score (nSPS) is 11.2. The van der Waals surface area contributed by atoms with Crippen LogP contribution in [0.25, 0.3) is 0 Å². The van der Waals surface area contributed by atoms with E-state index in [2.05, 4.69) is 29.0 Å². The highest BCUT2D eigenvalue weighted by molar-refractivity contribution is 6.30. The van der Waals surface area contributed by atoms with Crippen molar-refractivity contribution in [2.45, 2.75) is 39.5 Å². The minimum absolute atomic E-state index is 0.146. The number of hydrogen-bond donors (Lipinski definition) is 1. The molecule has 0 atom stereocenters. The Bertz CT molecular complexity index is 678. The highest BCUT2D eigenvalue weighted by Gasteiger charge is 2.09. The third kappa shape index (κ3) is 6.05. The average molecular weight is 360 g/mol. The first kappa shape index (κ1) is 19.3. The van der Waals surface area contributed by atoms with Crippen molar-refractivity contribution in [1.29, 1.82) is 0 Å². The van der Waals surface area contributed by atoms with Crippen LogP contribution in [0.1, 0.15) is 39.5 Å². The highest BCUT2D eigenvalue weighted by Crippen LogP contribution is 2.32. The first-order valence-corrected chi connectivity index (χ1v) is 9.27. The van der Waals surface area contributed by atoms with Gasteiger partial charge in [-0.2, -0.15) is 5.11 Å². The quantitative estimate of drug-likeness (QED) is 0.496. The van der Waals surface area contributed by atoms with Crippen LogP contribution in [0.4, 0.5) is 17.1 Å². The third-order valence-corrected chi connectivity index (χ3v) is 4.24. The molecule has 0 aliphatic rings. The SMILES string of the molecule is CCCCN(CCCC)c1ccc(N=Nc2ccc(Cl)cc2)c(O)c1. The molecule has 1 N–H and O–H groups in total. The lowest BCUT2D eigenvalue weighted by molar-refractivity contribution is 0.476. The smallest absolute Gasteiger partial charge is 0.145 e. The van der Waals surface area contributed by atoms with Crippen LogP contribution in [-0.2, 0) is 0 Å². The van der Waals surface area contributed by atoms with Gasteiger partial charge in [0.2, 0.25) is 0 Å². The van der Waals surface area contributed by atoms with E-state index in [0.29, 0.717) is 16.4 Å². The molecule has 0 aromatic heterocycles.